The zero-order valence-corrected chi connectivity index (χ0v) is 17.1. The molecule has 0 radical (unpaired) electrons. The Morgan fingerprint density at radius 1 is 0.867 bits per heavy atom. The van der Waals surface area contributed by atoms with Crippen LogP contribution in [0, 0.1) is 0 Å². The Hall–Kier alpha value is -3.64. The minimum absolute atomic E-state index is 0.366. The highest BCUT2D eigenvalue weighted by molar-refractivity contribution is 7.12. The molecule has 0 aliphatic carbocycles. The lowest BCUT2D eigenvalue weighted by molar-refractivity contribution is -0.128. The lowest BCUT2D eigenvalue weighted by atomic mass is 10.1. The number of thiophene rings is 1. The van der Waals surface area contributed by atoms with Gasteiger partial charge < -0.3 is 4.74 Å². The first-order valence-electron chi connectivity index (χ1n) is 9.50. The number of ether oxygens (including phenoxy) is 1. The summed E-state index contributed by atoms with van der Waals surface area (Å²) in [4.78, 5) is 25.5. The molecule has 1 atom stereocenters. The van der Waals surface area contributed by atoms with Crippen LogP contribution in [-0.4, -0.2) is 17.9 Å². The molecule has 4 rings (SSSR count). The van der Waals surface area contributed by atoms with Gasteiger partial charge in [-0.05, 0) is 46.8 Å². The van der Waals surface area contributed by atoms with Crippen LogP contribution in [0.25, 0.3) is 21.9 Å². The first-order chi connectivity index (χ1) is 14.6. The summed E-state index contributed by atoms with van der Waals surface area (Å²) in [5.74, 6) is -0.211. The van der Waals surface area contributed by atoms with E-state index in [-0.39, 0.29) is 5.91 Å². The van der Waals surface area contributed by atoms with E-state index in [4.69, 9.17) is 4.74 Å². The van der Waals surface area contributed by atoms with Gasteiger partial charge in [0.1, 0.15) is 10.6 Å². The number of nitrogens with one attached hydrogen (secondary N) is 2. The molecule has 4 aromatic rings. The van der Waals surface area contributed by atoms with Gasteiger partial charge in [0.2, 0.25) is 0 Å². The fourth-order valence-corrected chi connectivity index (χ4v) is 3.92. The van der Waals surface area contributed by atoms with Crippen molar-refractivity contribution in [3.8, 4) is 16.9 Å². The van der Waals surface area contributed by atoms with Crippen molar-refractivity contribution in [1.82, 2.24) is 10.9 Å². The SMILES string of the molecule is CC(Oc1ccc2ccccc2c1)C(=O)NNC(=O)c1sccc1-c1ccccc1. The molecular weight excluding hydrogens is 396 g/mol. The van der Waals surface area contributed by atoms with Crippen LogP contribution in [0.3, 0.4) is 0 Å². The van der Waals surface area contributed by atoms with Crippen molar-refractivity contribution in [1.29, 1.82) is 0 Å². The maximum absolute atomic E-state index is 12.6. The molecule has 0 fully saturated rings. The maximum Gasteiger partial charge on any atom is 0.280 e. The van der Waals surface area contributed by atoms with E-state index in [1.165, 1.54) is 11.3 Å². The summed E-state index contributed by atoms with van der Waals surface area (Å²) < 4.78 is 5.74. The van der Waals surface area contributed by atoms with Gasteiger partial charge in [-0.1, -0.05) is 60.7 Å². The van der Waals surface area contributed by atoms with Crippen LogP contribution in [-0.2, 0) is 4.79 Å². The fraction of sp³-hybridized carbons (Fsp3) is 0.0833. The number of carbonyl (C=O) groups excluding carboxylic acids is 2. The van der Waals surface area contributed by atoms with Crippen molar-refractivity contribution in [2.75, 3.05) is 0 Å². The summed E-state index contributed by atoms with van der Waals surface area (Å²) in [6, 6.07) is 25.1. The molecule has 2 amide bonds. The highest BCUT2D eigenvalue weighted by Gasteiger charge is 2.18. The van der Waals surface area contributed by atoms with Gasteiger partial charge in [0.05, 0.1) is 0 Å². The maximum atomic E-state index is 12.6. The van der Waals surface area contributed by atoms with Gasteiger partial charge >= 0.3 is 0 Å². The molecule has 0 bridgehead atoms. The van der Waals surface area contributed by atoms with E-state index in [1.54, 1.807) is 6.92 Å². The van der Waals surface area contributed by atoms with Crippen LogP contribution in [0.4, 0.5) is 0 Å². The van der Waals surface area contributed by atoms with Crippen molar-refractivity contribution < 1.29 is 14.3 Å². The average molecular weight is 417 g/mol. The zero-order valence-electron chi connectivity index (χ0n) is 16.3. The summed E-state index contributed by atoms with van der Waals surface area (Å²) in [5, 5.41) is 3.98. The molecular formula is C24H20N2O3S. The third kappa shape index (κ3) is 4.34. The molecule has 0 saturated heterocycles. The molecule has 5 nitrogen and oxygen atoms in total. The number of hydrogen-bond acceptors (Lipinski definition) is 4. The zero-order chi connectivity index (χ0) is 20.9. The Morgan fingerprint density at radius 3 is 2.40 bits per heavy atom. The third-order valence-corrected chi connectivity index (χ3v) is 5.57. The van der Waals surface area contributed by atoms with Gasteiger partial charge in [-0.25, -0.2) is 0 Å². The summed E-state index contributed by atoms with van der Waals surface area (Å²) >= 11 is 1.32. The molecule has 0 saturated carbocycles. The lowest BCUT2D eigenvalue weighted by Crippen LogP contribution is -2.47. The van der Waals surface area contributed by atoms with E-state index in [0.29, 0.717) is 10.6 Å². The molecule has 2 N–H and O–H groups in total. The summed E-state index contributed by atoms with van der Waals surface area (Å²) in [6.07, 6.45) is -0.775. The molecule has 0 aliphatic heterocycles. The number of benzene rings is 3. The predicted octanol–water partition coefficient (Wildman–Crippen LogP) is 4.80. The van der Waals surface area contributed by atoms with Gasteiger partial charge in [-0.15, -0.1) is 11.3 Å². The van der Waals surface area contributed by atoms with E-state index in [0.717, 1.165) is 21.9 Å². The molecule has 30 heavy (non-hydrogen) atoms. The lowest BCUT2D eigenvalue weighted by Gasteiger charge is -2.15. The molecule has 1 aromatic heterocycles. The van der Waals surface area contributed by atoms with Crippen molar-refractivity contribution >= 4 is 33.9 Å². The first-order valence-corrected chi connectivity index (χ1v) is 10.4. The fourth-order valence-electron chi connectivity index (χ4n) is 3.11. The van der Waals surface area contributed by atoms with Crippen molar-refractivity contribution in [3.63, 3.8) is 0 Å². The third-order valence-electron chi connectivity index (χ3n) is 4.66. The largest absolute Gasteiger partial charge is 0.481 e. The number of carbonyl (C=O) groups is 2. The van der Waals surface area contributed by atoms with E-state index in [1.807, 2.05) is 84.2 Å². The summed E-state index contributed by atoms with van der Waals surface area (Å²) in [5.41, 5.74) is 6.71. The Morgan fingerprint density at radius 2 is 1.60 bits per heavy atom. The molecule has 3 aromatic carbocycles. The second-order valence-electron chi connectivity index (χ2n) is 6.74. The Labute approximate surface area is 178 Å². The number of amides is 2. The van der Waals surface area contributed by atoms with Gasteiger partial charge in [0, 0.05) is 5.56 Å². The number of hydrogen-bond donors (Lipinski definition) is 2. The standard InChI is InChI=1S/C24H20N2O3S/c1-16(29-20-12-11-17-7-5-6-10-19(17)15-20)23(27)25-26-24(28)22-21(13-14-30-22)18-8-3-2-4-9-18/h2-16H,1H3,(H,25,27)(H,26,28). The smallest absolute Gasteiger partial charge is 0.280 e. The number of rotatable bonds is 5. The van der Waals surface area contributed by atoms with E-state index in [9.17, 15) is 9.59 Å². The van der Waals surface area contributed by atoms with Crippen molar-refractivity contribution in [3.05, 3.63) is 89.1 Å². The van der Waals surface area contributed by atoms with Gasteiger partial charge in [-0.2, -0.15) is 0 Å². The van der Waals surface area contributed by atoms with Gasteiger partial charge in [0.15, 0.2) is 6.10 Å². The molecule has 150 valence electrons. The molecule has 1 unspecified atom stereocenters. The normalized spacial score (nSPS) is 11.6. The van der Waals surface area contributed by atoms with E-state index >= 15 is 0 Å². The van der Waals surface area contributed by atoms with Crippen LogP contribution >= 0.6 is 11.3 Å². The number of fused-ring (bicyclic) bond motifs is 1. The highest BCUT2D eigenvalue weighted by Crippen LogP contribution is 2.28. The van der Waals surface area contributed by atoms with Crippen LogP contribution in [0.5, 0.6) is 5.75 Å². The number of hydrazine groups is 1. The van der Waals surface area contributed by atoms with Crippen LogP contribution < -0.4 is 15.6 Å². The highest BCUT2D eigenvalue weighted by atomic mass is 32.1. The van der Waals surface area contributed by atoms with E-state index < -0.39 is 12.0 Å². The average Bonchev–Trinajstić information content (AvgIpc) is 3.28. The van der Waals surface area contributed by atoms with Crippen LogP contribution in [0.2, 0.25) is 0 Å². The van der Waals surface area contributed by atoms with Gasteiger partial charge in [0.25, 0.3) is 11.8 Å². The first kappa shape index (κ1) is 19.7. The second kappa shape index (κ2) is 8.80. The topological polar surface area (TPSA) is 67.4 Å². The minimum Gasteiger partial charge on any atom is -0.481 e. The summed E-state index contributed by atoms with van der Waals surface area (Å²) in [6.45, 7) is 1.64. The monoisotopic (exact) mass is 416 g/mol. The van der Waals surface area contributed by atoms with Gasteiger partial charge in [-0.3, -0.25) is 20.4 Å². The van der Waals surface area contributed by atoms with Crippen molar-refractivity contribution in [2.45, 2.75) is 13.0 Å². The minimum atomic E-state index is -0.775. The second-order valence-corrected chi connectivity index (χ2v) is 7.66. The molecule has 0 aliphatic rings. The molecule has 0 spiro atoms. The Balaban J connectivity index is 1.37. The van der Waals surface area contributed by atoms with Crippen LogP contribution in [0.1, 0.15) is 16.6 Å². The predicted molar refractivity (Wildman–Crippen MR) is 119 cm³/mol. The van der Waals surface area contributed by atoms with Crippen molar-refractivity contribution in [2.24, 2.45) is 0 Å². The molecule has 6 heteroatoms. The summed E-state index contributed by atoms with van der Waals surface area (Å²) in [7, 11) is 0. The van der Waals surface area contributed by atoms with E-state index in [2.05, 4.69) is 10.9 Å². The van der Waals surface area contributed by atoms with Crippen LogP contribution in [0.15, 0.2) is 84.2 Å². The Bertz CT molecular complexity index is 1190. The Kier molecular flexibility index (Phi) is 5.77. The quantitative estimate of drug-likeness (QED) is 0.460. The molecule has 1 heterocycles.